The Morgan fingerprint density at radius 1 is 1.00 bits per heavy atom. The van der Waals surface area contributed by atoms with Gasteiger partial charge in [0.15, 0.2) is 16.4 Å². The van der Waals surface area contributed by atoms with Crippen molar-refractivity contribution in [1.82, 2.24) is 0 Å². The van der Waals surface area contributed by atoms with Crippen molar-refractivity contribution < 1.29 is 22.7 Å². The normalized spacial score (nSPS) is 11.7. The van der Waals surface area contributed by atoms with E-state index in [2.05, 4.69) is 26.1 Å². The summed E-state index contributed by atoms with van der Waals surface area (Å²) in [4.78, 5) is 12.1. The summed E-state index contributed by atoms with van der Waals surface area (Å²) in [6.45, 7) is 6.35. The molecule has 0 radical (unpaired) electrons. The fourth-order valence-corrected chi connectivity index (χ4v) is 2.76. The monoisotopic (exact) mass is 405 g/mol. The van der Waals surface area contributed by atoms with E-state index in [0.717, 1.165) is 6.26 Å². The third-order valence-electron chi connectivity index (χ3n) is 3.93. The molecule has 0 heterocycles. The number of benzene rings is 2. The molecule has 2 aromatic carbocycles. The minimum atomic E-state index is -3.08. The number of sulfone groups is 1. The van der Waals surface area contributed by atoms with Gasteiger partial charge >= 0.3 is 0 Å². The second-order valence-electron chi connectivity index (χ2n) is 7.62. The minimum absolute atomic E-state index is 0.0594. The molecule has 0 aliphatic carbocycles. The molecule has 2 rings (SSSR count). The van der Waals surface area contributed by atoms with Crippen molar-refractivity contribution in [2.75, 3.05) is 30.5 Å². The number of ether oxygens (including phenoxy) is 2. The van der Waals surface area contributed by atoms with Crippen molar-refractivity contribution in [1.29, 1.82) is 0 Å². The standard InChI is InChI=1S/C21H27NO5S/c1-21(2,3)16-8-10-18(11-9-16)27-15-20(23)22-17-6-5-7-19(14-17)26-12-13-28(4,24)25/h5-11,14H,12-13,15H2,1-4H3,(H,22,23). The lowest BCUT2D eigenvalue weighted by Gasteiger charge is -2.19. The van der Waals surface area contributed by atoms with Crippen LogP contribution >= 0.6 is 0 Å². The van der Waals surface area contributed by atoms with Gasteiger partial charge in [0.25, 0.3) is 5.91 Å². The molecule has 1 amide bonds. The zero-order valence-electron chi connectivity index (χ0n) is 16.7. The molecule has 0 spiro atoms. The summed E-state index contributed by atoms with van der Waals surface area (Å²) >= 11 is 0. The lowest BCUT2D eigenvalue weighted by atomic mass is 9.87. The smallest absolute Gasteiger partial charge is 0.262 e. The summed E-state index contributed by atoms with van der Waals surface area (Å²) in [6.07, 6.45) is 1.16. The van der Waals surface area contributed by atoms with E-state index in [0.29, 0.717) is 17.2 Å². The van der Waals surface area contributed by atoms with Crippen LogP contribution in [0.15, 0.2) is 48.5 Å². The molecule has 0 saturated carbocycles. The predicted octanol–water partition coefficient (Wildman–Crippen LogP) is 3.43. The van der Waals surface area contributed by atoms with E-state index in [1.54, 1.807) is 24.3 Å². The van der Waals surface area contributed by atoms with Gasteiger partial charge in [0.1, 0.15) is 18.1 Å². The van der Waals surface area contributed by atoms with Gasteiger partial charge in [0.05, 0.1) is 5.75 Å². The number of carbonyl (C=O) groups excluding carboxylic acids is 1. The first kappa shape index (κ1) is 21.8. The third-order valence-corrected chi connectivity index (χ3v) is 4.84. The van der Waals surface area contributed by atoms with Crippen LogP contribution in [0.5, 0.6) is 11.5 Å². The van der Waals surface area contributed by atoms with Gasteiger partial charge in [-0.15, -0.1) is 0 Å². The molecule has 0 aliphatic heterocycles. The maximum Gasteiger partial charge on any atom is 0.262 e. The van der Waals surface area contributed by atoms with Crippen LogP contribution in [-0.4, -0.2) is 39.5 Å². The van der Waals surface area contributed by atoms with E-state index in [1.165, 1.54) is 5.56 Å². The lowest BCUT2D eigenvalue weighted by molar-refractivity contribution is -0.118. The van der Waals surface area contributed by atoms with Crippen LogP contribution in [-0.2, 0) is 20.0 Å². The van der Waals surface area contributed by atoms with Crippen LogP contribution in [0.4, 0.5) is 5.69 Å². The summed E-state index contributed by atoms with van der Waals surface area (Å²) in [7, 11) is -3.08. The average Bonchev–Trinajstić information content (AvgIpc) is 2.59. The molecule has 7 heteroatoms. The average molecular weight is 406 g/mol. The summed E-state index contributed by atoms with van der Waals surface area (Å²) in [6, 6.07) is 14.5. The molecule has 152 valence electrons. The highest BCUT2D eigenvalue weighted by Crippen LogP contribution is 2.24. The highest BCUT2D eigenvalue weighted by Gasteiger charge is 2.13. The first-order valence-corrected chi connectivity index (χ1v) is 11.0. The first-order valence-electron chi connectivity index (χ1n) is 8.97. The van der Waals surface area contributed by atoms with Gasteiger partial charge in [0.2, 0.25) is 0 Å². The van der Waals surface area contributed by atoms with Crippen LogP contribution in [0.2, 0.25) is 0 Å². The molecular formula is C21H27NO5S. The van der Waals surface area contributed by atoms with Gasteiger partial charge in [-0.05, 0) is 35.2 Å². The fraction of sp³-hybridized carbons (Fsp3) is 0.381. The largest absolute Gasteiger partial charge is 0.492 e. The van der Waals surface area contributed by atoms with E-state index in [4.69, 9.17) is 9.47 Å². The van der Waals surface area contributed by atoms with Gasteiger partial charge < -0.3 is 14.8 Å². The van der Waals surface area contributed by atoms with Crippen LogP contribution in [0.1, 0.15) is 26.3 Å². The van der Waals surface area contributed by atoms with Gasteiger partial charge in [-0.1, -0.05) is 39.0 Å². The Labute approximate surface area is 166 Å². The number of amides is 1. The molecule has 0 unspecified atom stereocenters. The van der Waals surface area contributed by atoms with Crippen molar-refractivity contribution in [3.05, 3.63) is 54.1 Å². The summed E-state index contributed by atoms with van der Waals surface area (Å²) in [5, 5.41) is 2.73. The van der Waals surface area contributed by atoms with E-state index in [-0.39, 0.29) is 30.3 Å². The van der Waals surface area contributed by atoms with Crippen LogP contribution < -0.4 is 14.8 Å². The predicted molar refractivity (Wildman–Crippen MR) is 111 cm³/mol. The summed E-state index contributed by atoms with van der Waals surface area (Å²) in [5.41, 5.74) is 1.80. The highest BCUT2D eigenvalue weighted by molar-refractivity contribution is 7.90. The number of carbonyl (C=O) groups is 1. The Morgan fingerprint density at radius 3 is 2.29 bits per heavy atom. The molecule has 0 aliphatic rings. The number of nitrogens with one attached hydrogen (secondary N) is 1. The van der Waals surface area contributed by atoms with Gasteiger partial charge in [-0.25, -0.2) is 8.42 Å². The highest BCUT2D eigenvalue weighted by atomic mass is 32.2. The first-order chi connectivity index (χ1) is 13.0. The molecule has 0 aromatic heterocycles. The fourth-order valence-electron chi connectivity index (χ4n) is 2.37. The molecule has 0 atom stereocenters. The number of hydrogen-bond donors (Lipinski definition) is 1. The second kappa shape index (κ2) is 9.10. The van der Waals surface area contributed by atoms with E-state index >= 15 is 0 Å². The topological polar surface area (TPSA) is 81.7 Å². The Hall–Kier alpha value is -2.54. The lowest BCUT2D eigenvalue weighted by Crippen LogP contribution is -2.20. The zero-order valence-corrected chi connectivity index (χ0v) is 17.5. The van der Waals surface area contributed by atoms with E-state index in [9.17, 15) is 13.2 Å². The molecular weight excluding hydrogens is 378 g/mol. The molecule has 28 heavy (non-hydrogen) atoms. The molecule has 0 saturated heterocycles. The molecule has 0 bridgehead atoms. The second-order valence-corrected chi connectivity index (χ2v) is 9.88. The quantitative estimate of drug-likeness (QED) is 0.728. The van der Waals surface area contributed by atoms with Gasteiger partial charge in [-0.3, -0.25) is 4.79 Å². The van der Waals surface area contributed by atoms with Crippen molar-refractivity contribution in [2.45, 2.75) is 26.2 Å². The number of hydrogen-bond acceptors (Lipinski definition) is 5. The van der Waals surface area contributed by atoms with Crippen molar-refractivity contribution >= 4 is 21.4 Å². The molecule has 0 fully saturated rings. The van der Waals surface area contributed by atoms with Crippen LogP contribution in [0.3, 0.4) is 0 Å². The number of rotatable bonds is 8. The summed E-state index contributed by atoms with van der Waals surface area (Å²) < 4.78 is 33.2. The van der Waals surface area contributed by atoms with E-state index in [1.807, 2.05) is 24.3 Å². The van der Waals surface area contributed by atoms with Crippen LogP contribution in [0.25, 0.3) is 0 Å². The molecule has 2 aromatic rings. The third kappa shape index (κ3) is 7.60. The Kier molecular flexibility index (Phi) is 7.07. The number of anilines is 1. The molecule has 6 nitrogen and oxygen atoms in total. The van der Waals surface area contributed by atoms with Crippen LogP contribution in [0, 0.1) is 0 Å². The molecule has 1 N–H and O–H groups in total. The van der Waals surface area contributed by atoms with Crippen molar-refractivity contribution in [2.24, 2.45) is 0 Å². The van der Waals surface area contributed by atoms with Crippen molar-refractivity contribution in [3.8, 4) is 11.5 Å². The van der Waals surface area contributed by atoms with Gasteiger partial charge in [0, 0.05) is 18.0 Å². The van der Waals surface area contributed by atoms with Crippen molar-refractivity contribution in [3.63, 3.8) is 0 Å². The SMILES string of the molecule is CC(C)(C)c1ccc(OCC(=O)Nc2cccc(OCCS(C)(=O)=O)c2)cc1. The van der Waals surface area contributed by atoms with E-state index < -0.39 is 9.84 Å². The summed E-state index contributed by atoms with van der Waals surface area (Å²) in [5.74, 6) is 0.750. The zero-order chi connectivity index (χ0) is 20.8. The minimum Gasteiger partial charge on any atom is -0.492 e. The Balaban J connectivity index is 1.85. The Bertz CT molecular complexity index is 899. The van der Waals surface area contributed by atoms with Gasteiger partial charge in [-0.2, -0.15) is 0 Å². The maximum atomic E-state index is 12.1. The Morgan fingerprint density at radius 2 is 1.68 bits per heavy atom. The maximum absolute atomic E-state index is 12.1.